The van der Waals surface area contributed by atoms with Gasteiger partial charge < -0.3 is 19.5 Å². The summed E-state index contributed by atoms with van der Waals surface area (Å²) in [5.41, 5.74) is 1.15. The Hall–Kier alpha value is -1.46. The van der Waals surface area contributed by atoms with Gasteiger partial charge in [0, 0.05) is 25.2 Å². The minimum atomic E-state index is 0.270. The number of benzene rings is 1. The summed E-state index contributed by atoms with van der Waals surface area (Å²) in [5, 5.41) is 3.51. The zero-order valence-corrected chi connectivity index (χ0v) is 13.0. The van der Waals surface area contributed by atoms with Crippen LogP contribution in [0.2, 0.25) is 0 Å². The fourth-order valence-corrected chi connectivity index (χ4v) is 2.70. The average molecular weight is 292 g/mol. The molecule has 1 fully saturated rings. The Labute approximate surface area is 126 Å². The van der Waals surface area contributed by atoms with E-state index in [-0.39, 0.29) is 6.79 Å². The van der Waals surface area contributed by atoms with E-state index in [0.717, 1.165) is 36.2 Å². The van der Waals surface area contributed by atoms with Gasteiger partial charge in [-0.05, 0) is 44.5 Å². The molecule has 0 saturated heterocycles. The second kappa shape index (κ2) is 6.12. The van der Waals surface area contributed by atoms with Crippen molar-refractivity contribution in [1.29, 1.82) is 0 Å². The van der Waals surface area contributed by atoms with Gasteiger partial charge in [0.05, 0.1) is 7.11 Å². The van der Waals surface area contributed by atoms with Crippen LogP contribution in [-0.4, -0.2) is 44.5 Å². The third-order valence-corrected chi connectivity index (χ3v) is 4.31. The van der Waals surface area contributed by atoms with Gasteiger partial charge in [0.15, 0.2) is 11.5 Å². The van der Waals surface area contributed by atoms with Crippen LogP contribution in [0, 0.1) is 0 Å². The predicted octanol–water partition coefficient (Wildman–Crippen LogP) is 2.00. The van der Waals surface area contributed by atoms with Gasteiger partial charge in [-0.1, -0.05) is 0 Å². The topological polar surface area (TPSA) is 43.0 Å². The first-order chi connectivity index (χ1) is 10.2. The molecule has 0 aromatic heterocycles. The third-order valence-electron chi connectivity index (χ3n) is 4.31. The summed E-state index contributed by atoms with van der Waals surface area (Å²) >= 11 is 0. The van der Waals surface area contributed by atoms with E-state index < -0.39 is 0 Å². The smallest absolute Gasteiger partial charge is 0.231 e. The second-order valence-electron chi connectivity index (χ2n) is 5.91. The molecule has 1 unspecified atom stereocenters. The van der Waals surface area contributed by atoms with Gasteiger partial charge in [-0.3, -0.25) is 4.90 Å². The Bertz CT molecular complexity index is 503. The number of hydrogen-bond acceptors (Lipinski definition) is 5. The molecular formula is C16H24N2O3. The highest BCUT2D eigenvalue weighted by Crippen LogP contribution is 2.41. The predicted molar refractivity (Wildman–Crippen MR) is 81.1 cm³/mol. The first kappa shape index (κ1) is 14.5. The Morgan fingerprint density at radius 2 is 2.19 bits per heavy atom. The lowest BCUT2D eigenvalue weighted by atomic mass is 10.1. The van der Waals surface area contributed by atoms with Crippen LogP contribution in [0.5, 0.6) is 17.2 Å². The van der Waals surface area contributed by atoms with E-state index in [2.05, 4.69) is 24.2 Å². The maximum Gasteiger partial charge on any atom is 0.231 e. The number of hydrogen-bond donors (Lipinski definition) is 1. The molecule has 1 atom stereocenters. The van der Waals surface area contributed by atoms with Gasteiger partial charge >= 0.3 is 0 Å². The molecule has 3 rings (SSSR count). The highest BCUT2D eigenvalue weighted by Gasteiger charge is 2.28. The molecule has 1 aliphatic heterocycles. The first-order valence-electron chi connectivity index (χ1n) is 7.58. The van der Waals surface area contributed by atoms with Crippen molar-refractivity contribution in [2.24, 2.45) is 0 Å². The van der Waals surface area contributed by atoms with Crippen LogP contribution >= 0.6 is 0 Å². The van der Waals surface area contributed by atoms with Gasteiger partial charge in [-0.25, -0.2) is 0 Å². The number of methoxy groups -OCH3 is 1. The monoisotopic (exact) mass is 292 g/mol. The lowest BCUT2D eigenvalue weighted by molar-refractivity contribution is 0.171. The highest BCUT2D eigenvalue weighted by molar-refractivity contribution is 5.55. The Morgan fingerprint density at radius 3 is 2.90 bits per heavy atom. The zero-order valence-electron chi connectivity index (χ0n) is 13.0. The molecule has 21 heavy (non-hydrogen) atoms. The molecule has 0 amide bonds. The van der Waals surface area contributed by atoms with E-state index >= 15 is 0 Å². The van der Waals surface area contributed by atoms with Crippen molar-refractivity contribution in [3.63, 3.8) is 0 Å². The van der Waals surface area contributed by atoms with Crippen LogP contribution in [0.25, 0.3) is 0 Å². The first-order valence-corrected chi connectivity index (χ1v) is 7.58. The van der Waals surface area contributed by atoms with E-state index in [1.165, 1.54) is 12.8 Å². The molecule has 1 aromatic rings. The summed E-state index contributed by atoms with van der Waals surface area (Å²) < 4.78 is 16.2. The molecule has 0 radical (unpaired) electrons. The third kappa shape index (κ3) is 3.24. The lowest BCUT2D eigenvalue weighted by Gasteiger charge is -2.24. The zero-order chi connectivity index (χ0) is 14.8. The standard InChI is InChI=1S/C16H24N2O3/c1-11(18(2)13-4-5-13)8-17-9-12-6-14(19-3)16-15(7-12)20-10-21-16/h6-7,11,13,17H,4-5,8-10H2,1-3H3. The number of fused-ring (bicyclic) bond motifs is 1. The molecule has 1 aromatic carbocycles. The van der Waals surface area contributed by atoms with E-state index in [1.54, 1.807) is 7.11 Å². The average Bonchev–Trinajstić information content (AvgIpc) is 3.23. The van der Waals surface area contributed by atoms with Crippen molar-refractivity contribution in [1.82, 2.24) is 10.2 Å². The molecule has 1 heterocycles. The quantitative estimate of drug-likeness (QED) is 0.832. The SMILES string of the molecule is COc1cc(CNCC(C)N(C)C2CC2)cc2c1OCO2. The lowest BCUT2D eigenvalue weighted by Crippen LogP contribution is -2.38. The van der Waals surface area contributed by atoms with Crippen molar-refractivity contribution in [2.75, 3.05) is 27.5 Å². The Morgan fingerprint density at radius 1 is 1.38 bits per heavy atom. The Kier molecular flexibility index (Phi) is 4.22. The van der Waals surface area contributed by atoms with Crippen LogP contribution in [0.3, 0.4) is 0 Å². The van der Waals surface area contributed by atoms with Crippen LogP contribution in [-0.2, 0) is 6.54 Å². The second-order valence-corrected chi connectivity index (χ2v) is 5.91. The summed E-state index contributed by atoms with van der Waals surface area (Å²) in [6.07, 6.45) is 2.69. The van der Waals surface area contributed by atoms with Crippen molar-refractivity contribution >= 4 is 0 Å². The summed E-state index contributed by atoms with van der Waals surface area (Å²) in [5.74, 6) is 2.22. The Balaban J connectivity index is 1.55. The summed E-state index contributed by atoms with van der Waals surface area (Å²) in [6.45, 7) is 4.32. The van der Waals surface area contributed by atoms with Crippen molar-refractivity contribution in [2.45, 2.75) is 38.4 Å². The normalized spacial score (nSPS) is 18.1. The van der Waals surface area contributed by atoms with Gasteiger partial charge in [0.1, 0.15) is 0 Å². The molecule has 1 saturated carbocycles. The molecule has 116 valence electrons. The van der Waals surface area contributed by atoms with E-state index in [9.17, 15) is 0 Å². The maximum absolute atomic E-state index is 5.45. The number of ether oxygens (including phenoxy) is 3. The van der Waals surface area contributed by atoms with Crippen LogP contribution < -0.4 is 19.5 Å². The minimum absolute atomic E-state index is 0.270. The molecule has 5 nitrogen and oxygen atoms in total. The molecule has 1 aliphatic carbocycles. The summed E-state index contributed by atoms with van der Waals surface area (Å²) in [4.78, 5) is 2.47. The van der Waals surface area contributed by atoms with Crippen molar-refractivity contribution in [3.05, 3.63) is 17.7 Å². The maximum atomic E-state index is 5.45. The summed E-state index contributed by atoms with van der Waals surface area (Å²) in [6, 6.07) is 5.38. The number of nitrogens with one attached hydrogen (secondary N) is 1. The van der Waals surface area contributed by atoms with Gasteiger partial charge in [-0.15, -0.1) is 0 Å². The number of nitrogens with zero attached hydrogens (tertiary/aromatic N) is 1. The fraction of sp³-hybridized carbons (Fsp3) is 0.625. The van der Waals surface area contributed by atoms with Gasteiger partial charge in [0.25, 0.3) is 0 Å². The highest BCUT2D eigenvalue weighted by atomic mass is 16.7. The molecule has 2 aliphatic rings. The van der Waals surface area contributed by atoms with Gasteiger partial charge in [0.2, 0.25) is 12.5 Å². The van der Waals surface area contributed by atoms with E-state index in [0.29, 0.717) is 11.8 Å². The van der Waals surface area contributed by atoms with Crippen LogP contribution in [0.1, 0.15) is 25.3 Å². The van der Waals surface area contributed by atoms with Crippen molar-refractivity contribution < 1.29 is 14.2 Å². The largest absolute Gasteiger partial charge is 0.493 e. The number of likely N-dealkylation sites (N-methyl/N-ethyl adjacent to an activating group) is 1. The molecule has 0 spiro atoms. The fourth-order valence-electron chi connectivity index (χ4n) is 2.70. The van der Waals surface area contributed by atoms with Crippen molar-refractivity contribution in [3.8, 4) is 17.2 Å². The van der Waals surface area contributed by atoms with E-state index in [1.807, 2.05) is 12.1 Å². The van der Waals surface area contributed by atoms with Crippen LogP contribution in [0.4, 0.5) is 0 Å². The molecule has 5 heteroatoms. The minimum Gasteiger partial charge on any atom is -0.493 e. The molecule has 0 bridgehead atoms. The van der Waals surface area contributed by atoms with E-state index in [4.69, 9.17) is 14.2 Å². The molecular weight excluding hydrogens is 268 g/mol. The number of rotatable bonds is 7. The summed E-state index contributed by atoms with van der Waals surface area (Å²) in [7, 11) is 3.87. The van der Waals surface area contributed by atoms with Gasteiger partial charge in [-0.2, -0.15) is 0 Å². The van der Waals surface area contributed by atoms with Crippen LogP contribution in [0.15, 0.2) is 12.1 Å². The molecule has 1 N–H and O–H groups in total.